The maximum Gasteiger partial charge on any atom is 0.337 e. The zero-order valence-corrected chi connectivity index (χ0v) is 21.0. The molecule has 35 heavy (non-hydrogen) atoms. The second-order valence-corrected chi connectivity index (χ2v) is 8.75. The zero-order chi connectivity index (χ0) is 25.7. The molecular formula is C26H29ClN2O6. The van der Waals surface area contributed by atoms with Crippen molar-refractivity contribution in [3.63, 3.8) is 0 Å². The monoisotopic (exact) mass is 500 g/mol. The molecule has 3 rings (SSSR count). The van der Waals surface area contributed by atoms with Gasteiger partial charge in [-0.2, -0.15) is 0 Å². The van der Waals surface area contributed by atoms with Crippen molar-refractivity contribution in [1.82, 2.24) is 9.80 Å². The van der Waals surface area contributed by atoms with Gasteiger partial charge in [-0.15, -0.1) is 0 Å². The van der Waals surface area contributed by atoms with E-state index in [1.54, 1.807) is 36.4 Å². The Labute approximate surface area is 209 Å². The van der Waals surface area contributed by atoms with E-state index in [1.807, 2.05) is 25.9 Å². The van der Waals surface area contributed by atoms with Gasteiger partial charge < -0.3 is 24.4 Å². The van der Waals surface area contributed by atoms with Crippen LogP contribution in [0.15, 0.2) is 48.0 Å². The molecular weight excluding hydrogens is 472 g/mol. The SMILES string of the molecule is CCOc1ccc(/C(O)=C2/C(=O)C(=O)N(CCCN(C)C)C2c2ccc(C(=O)OC)cc2)cc1Cl. The number of ether oxygens (including phenoxy) is 2. The van der Waals surface area contributed by atoms with Gasteiger partial charge in [0.25, 0.3) is 11.7 Å². The van der Waals surface area contributed by atoms with Crippen molar-refractivity contribution in [2.45, 2.75) is 19.4 Å². The Morgan fingerprint density at radius 3 is 2.34 bits per heavy atom. The number of aliphatic hydroxyl groups is 1. The minimum Gasteiger partial charge on any atom is -0.507 e. The first-order valence-electron chi connectivity index (χ1n) is 11.2. The molecule has 1 aliphatic heterocycles. The topological polar surface area (TPSA) is 96.4 Å². The number of ketones is 1. The van der Waals surface area contributed by atoms with E-state index in [0.717, 1.165) is 0 Å². The van der Waals surface area contributed by atoms with E-state index in [9.17, 15) is 19.5 Å². The van der Waals surface area contributed by atoms with Gasteiger partial charge in [-0.1, -0.05) is 23.7 Å². The van der Waals surface area contributed by atoms with E-state index in [4.69, 9.17) is 21.1 Å². The third-order valence-electron chi connectivity index (χ3n) is 5.70. The van der Waals surface area contributed by atoms with E-state index in [0.29, 0.717) is 48.6 Å². The van der Waals surface area contributed by atoms with Crippen molar-refractivity contribution in [2.24, 2.45) is 0 Å². The molecule has 0 aromatic heterocycles. The fourth-order valence-electron chi connectivity index (χ4n) is 4.01. The first-order valence-corrected chi connectivity index (χ1v) is 11.6. The largest absolute Gasteiger partial charge is 0.507 e. The van der Waals surface area contributed by atoms with Crippen molar-refractivity contribution in [1.29, 1.82) is 0 Å². The summed E-state index contributed by atoms with van der Waals surface area (Å²) in [7, 11) is 5.14. The summed E-state index contributed by atoms with van der Waals surface area (Å²) in [6.07, 6.45) is 0.631. The molecule has 1 unspecified atom stereocenters. The summed E-state index contributed by atoms with van der Waals surface area (Å²) in [4.78, 5) is 41.5. The lowest BCUT2D eigenvalue weighted by molar-refractivity contribution is -0.139. The second kappa shape index (κ2) is 11.4. The Balaban J connectivity index is 2.09. The number of carbonyl (C=O) groups excluding carboxylic acids is 3. The highest BCUT2D eigenvalue weighted by Crippen LogP contribution is 2.40. The van der Waals surface area contributed by atoms with Crippen LogP contribution in [0.3, 0.4) is 0 Å². The first-order chi connectivity index (χ1) is 16.7. The molecule has 0 spiro atoms. The highest BCUT2D eigenvalue weighted by molar-refractivity contribution is 6.46. The van der Waals surface area contributed by atoms with Crippen molar-refractivity contribution < 1.29 is 29.0 Å². The standard InChI is InChI=1S/C26H29ClN2O6/c1-5-35-20-12-11-18(15-19(20)27)23(30)21-22(16-7-9-17(10-8-16)26(33)34-4)29(25(32)24(21)31)14-6-13-28(2)3/h7-12,15,22,30H,5-6,13-14H2,1-4H3/b23-21-. The predicted molar refractivity (Wildman–Crippen MR) is 133 cm³/mol. The van der Waals surface area contributed by atoms with Crippen LogP contribution in [0.5, 0.6) is 5.75 Å². The molecule has 1 fully saturated rings. The van der Waals surface area contributed by atoms with Gasteiger partial charge in [-0.05, 0) is 69.9 Å². The lowest BCUT2D eigenvalue weighted by Crippen LogP contribution is -2.32. The summed E-state index contributed by atoms with van der Waals surface area (Å²) < 4.78 is 10.2. The summed E-state index contributed by atoms with van der Waals surface area (Å²) in [5.74, 6) is -1.85. The van der Waals surface area contributed by atoms with E-state index >= 15 is 0 Å². The molecule has 1 heterocycles. The van der Waals surface area contributed by atoms with Crippen LogP contribution in [0.2, 0.25) is 5.02 Å². The van der Waals surface area contributed by atoms with Gasteiger partial charge in [0, 0.05) is 12.1 Å². The molecule has 186 valence electrons. The number of Topliss-reactive ketones (excluding diaryl/α,β-unsaturated/α-hetero) is 1. The number of amides is 1. The summed E-state index contributed by atoms with van der Waals surface area (Å²) >= 11 is 6.30. The van der Waals surface area contributed by atoms with E-state index in [2.05, 4.69) is 0 Å². The summed E-state index contributed by atoms with van der Waals surface area (Å²) in [6.45, 7) is 3.27. The molecule has 8 nitrogen and oxygen atoms in total. The van der Waals surface area contributed by atoms with Gasteiger partial charge in [0.1, 0.15) is 11.5 Å². The second-order valence-electron chi connectivity index (χ2n) is 8.34. The van der Waals surface area contributed by atoms with Gasteiger partial charge in [0.2, 0.25) is 0 Å². The highest BCUT2D eigenvalue weighted by atomic mass is 35.5. The lowest BCUT2D eigenvalue weighted by Gasteiger charge is -2.26. The smallest absolute Gasteiger partial charge is 0.337 e. The van der Waals surface area contributed by atoms with Crippen molar-refractivity contribution in [3.8, 4) is 5.75 Å². The third kappa shape index (κ3) is 5.66. The van der Waals surface area contributed by atoms with Crippen LogP contribution in [0.25, 0.3) is 5.76 Å². The normalized spacial score (nSPS) is 17.2. The number of hydrogen-bond donors (Lipinski definition) is 1. The molecule has 1 N–H and O–H groups in total. The average Bonchev–Trinajstić information content (AvgIpc) is 3.09. The highest BCUT2D eigenvalue weighted by Gasteiger charge is 2.45. The maximum absolute atomic E-state index is 13.1. The maximum atomic E-state index is 13.1. The van der Waals surface area contributed by atoms with Gasteiger partial charge in [-0.25, -0.2) is 4.79 Å². The van der Waals surface area contributed by atoms with Crippen molar-refractivity contribution in [3.05, 3.63) is 69.8 Å². The van der Waals surface area contributed by atoms with Crippen LogP contribution in [0, 0.1) is 0 Å². The average molecular weight is 501 g/mol. The minimum atomic E-state index is -0.825. The molecule has 0 radical (unpaired) electrons. The van der Waals surface area contributed by atoms with Gasteiger partial charge in [-0.3, -0.25) is 9.59 Å². The first kappa shape index (κ1) is 26.2. The number of esters is 1. The van der Waals surface area contributed by atoms with Crippen LogP contribution in [0.4, 0.5) is 0 Å². The number of likely N-dealkylation sites (tertiary alicyclic amines) is 1. The van der Waals surface area contributed by atoms with Crippen molar-refractivity contribution in [2.75, 3.05) is 40.9 Å². The fourth-order valence-corrected chi connectivity index (χ4v) is 4.25. The number of halogens is 1. The molecule has 0 saturated carbocycles. The molecule has 2 aromatic carbocycles. The lowest BCUT2D eigenvalue weighted by atomic mass is 9.94. The molecule has 1 amide bonds. The van der Waals surface area contributed by atoms with Gasteiger partial charge >= 0.3 is 5.97 Å². The summed E-state index contributed by atoms with van der Waals surface area (Å²) in [5.41, 5.74) is 1.17. The Kier molecular flexibility index (Phi) is 8.53. The minimum absolute atomic E-state index is 0.0362. The zero-order valence-electron chi connectivity index (χ0n) is 20.2. The summed E-state index contributed by atoms with van der Waals surface area (Å²) in [5, 5.41) is 11.5. The molecule has 9 heteroatoms. The Hall–Kier alpha value is -3.36. The number of hydrogen-bond acceptors (Lipinski definition) is 7. The molecule has 1 aliphatic rings. The molecule has 1 saturated heterocycles. The Morgan fingerprint density at radius 2 is 1.77 bits per heavy atom. The Bertz CT molecular complexity index is 1140. The van der Waals surface area contributed by atoms with Crippen LogP contribution >= 0.6 is 11.6 Å². The predicted octanol–water partition coefficient (Wildman–Crippen LogP) is 3.90. The molecule has 0 bridgehead atoms. The van der Waals surface area contributed by atoms with Crippen molar-refractivity contribution >= 4 is 35.0 Å². The van der Waals surface area contributed by atoms with Crippen LogP contribution in [-0.2, 0) is 14.3 Å². The van der Waals surface area contributed by atoms with E-state index in [1.165, 1.54) is 18.1 Å². The molecule has 1 atom stereocenters. The third-order valence-corrected chi connectivity index (χ3v) is 5.99. The van der Waals surface area contributed by atoms with E-state index in [-0.39, 0.29) is 16.4 Å². The van der Waals surface area contributed by atoms with Crippen LogP contribution in [0.1, 0.15) is 40.9 Å². The number of benzene rings is 2. The number of carbonyl (C=O) groups is 3. The van der Waals surface area contributed by atoms with Crippen LogP contribution < -0.4 is 4.74 Å². The fraction of sp³-hybridized carbons (Fsp3) is 0.346. The number of aliphatic hydroxyl groups excluding tert-OH is 1. The van der Waals surface area contributed by atoms with E-state index < -0.39 is 23.7 Å². The van der Waals surface area contributed by atoms with Gasteiger partial charge in [0.05, 0.1) is 35.9 Å². The molecule has 2 aromatic rings. The number of rotatable bonds is 9. The van der Waals surface area contributed by atoms with Crippen LogP contribution in [-0.4, -0.2) is 73.5 Å². The molecule has 0 aliphatic carbocycles. The number of methoxy groups -OCH3 is 1. The van der Waals surface area contributed by atoms with Gasteiger partial charge in [0.15, 0.2) is 0 Å². The Morgan fingerprint density at radius 1 is 1.11 bits per heavy atom. The quantitative estimate of drug-likeness (QED) is 0.241. The number of nitrogens with zero attached hydrogens (tertiary/aromatic N) is 2. The summed E-state index contributed by atoms with van der Waals surface area (Å²) in [6, 6.07) is 10.3.